The Morgan fingerprint density at radius 3 is 2.41 bits per heavy atom. The van der Waals surface area contributed by atoms with Crippen LogP contribution in [0.25, 0.3) is 56.2 Å². The van der Waals surface area contributed by atoms with E-state index in [4.69, 9.17) is 8.83 Å². The van der Waals surface area contributed by atoms with Crippen molar-refractivity contribution in [3.8, 4) is 34.0 Å². The normalized spacial score (nSPS) is 11.7. The van der Waals surface area contributed by atoms with Gasteiger partial charge in [-0.15, -0.1) is 0 Å². The van der Waals surface area contributed by atoms with Gasteiger partial charge in [-0.1, -0.05) is 29.8 Å². The van der Waals surface area contributed by atoms with E-state index in [0.717, 1.165) is 21.7 Å². The summed E-state index contributed by atoms with van der Waals surface area (Å²) in [5, 5.41) is 3.21. The molecule has 0 saturated heterocycles. The molecular formula is C30H25N5O5S. The first-order valence-corrected chi connectivity index (χ1v) is 14.5. The minimum Gasteiger partial charge on any atom is -0.455 e. The van der Waals surface area contributed by atoms with Gasteiger partial charge in [-0.3, -0.25) is 14.1 Å². The van der Waals surface area contributed by atoms with Crippen LogP contribution in [0.2, 0.25) is 0 Å². The van der Waals surface area contributed by atoms with Crippen LogP contribution < -0.4 is 9.62 Å². The molecule has 0 aliphatic carbocycles. The molecule has 0 unspecified atom stereocenters. The summed E-state index contributed by atoms with van der Waals surface area (Å²) in [5.41, 5.74) is 5.36. The topological polar surface area (TPSA) is 131 Å². The number of hydrogen-bond acceptors (Lipinski definition) is 8. The van der Waals surface area contributed by atoms with Gasteiger partial charge in [0.25, 0.3) is 5.91 Å². The molecule has 1 amide bonds. The highest BCUT2D eigenvalue weighted by molar-refractivity contribution is 7.92. The van der Waals surface area contributed by atoms with Crippen molar-refractivity contribution in [2.45, 2.75) is 6.92 Å². The van der Waals surface area contributed by atoms with Crippen LogP contribution in [-0.2, 0) is 10.0 Å². The fraction of sp³-hybridized carbons (Fsp3) is 0.133. The number of pyridine rings is 2. The maximum Gasteiger partial charge on any atom is 0.255 e. The van der Waals surface area contributed by atoms with Gasteiger partial charge in [0.05, 0.1) is 23.2 Å². The van der Waals surface area contributed by atoms with E-state index in [1.807, 2.05) is 31.2 Å². The standard InChI is InChI=1S/C30H25N5O5S/c1-17-7-9-18(10-8-17)27-26(29(36)31-2)21-15-20(23(16-25(21)39-27)35(3)41(4,37)38)22-14-19(11-13-32-22)30-34-28-24(40-30)6-5-12-33-28/h5-16H,1-4H3,(H,31,36). The second-order valence-corrected chi connectivity index (χ2v) is 11.6. The maximum absolute atomic E-state index is 13.2. The molecule has 6 rings (SSSR count). The Bertz CT molecular complexity index is 2030. The van der Waals surface area contributed by atoms with Crippen LogP contribution in [0.4, 0.5) is 5.69 Å². The van der Waals surface area contributed by atoms with Gasteiger partial charge in [-0.2, -0.15) is 4.98 Å². The summed E-state index contributed by atoms with van der Waals surface area (Å²) in [5.74, 6) is 0.387. The summed E-state index contributed by atoms with van der Waals surface area (Å²) in [6.07, 6.45) is 4.34. The molecule has 6 aromatic rings. The second-order valence-electron chi connectivity index (χ2n) is 9.62. The molecule has 0 atom stereocenters. The molecule has 4 heterocycles. The van der Waals surface area contributed by atoms with Gasteiger partial charge in [0, 0.05) is 54.6 Å². The third kappa shape index (κ3) is 4.70. The number of furan rings is 1. The van der Waals surface area contributed by atoms with Crippen molar-refractivity contribution in [2.24, 2.45) is 0 Å². The average molecular weight is 568 g/mol. The van der Waals surface area contributed by atoms with E-state index < -0.39 is 10.0 Å². The van der Waals surface area contributed by atoms with Gasteiger partial charge in [-0.05, 0) is 37.3 Å². The zero-order valence-electron chi connectivity index (χ0n) is 22.7. The predicted molar refractivity (Wildman–Crippen MR) is 157 cm³/mol. The first kappa shape index (κ1) is 26.2. The molecule has 4 aromatic heterocycles. The molecule has 0 saturated carbocycles. The Labute approximate surface area is 235 Å². The Hall–Kier alpha value is -5.03. The van der Waals surface area contributed by atoms with Crippen LogP contribution in [0, 0.1) is 6.92 Å². The predicted octanol–water partition coefficient (Wildman–Crippen LogP) is 5.43. The highest BCUT2D eigenvalue weighted by atomic mass is 32.2. The smallest absolute Gasteiger partial charge is 0.255 e. The van der Waals surface area contributed by atoms with Crippen LogP contribution >= 0.6 is 0 Å². The van der Waals surface area contributed by atoms with Crippen molar-refractivity contribution in [1.82, 2.24) is 20.3 Å². The molecule has 2 aromatic carbocycles. The lowest BCUT2D eigenvalue weighted by Crippen LogP contribution is -2.25. The van der Waals surface area contributed by atoms with Gasteiger partial charge >= 0.3 is 0 Å². The van der Waals surface area contributed by atoms with E-state index in [1.54, 1.807) is 55.8 Å². The monoisotopic (exact) mass is 567 g/mol. The highest BCUT2D eigenvalue weighted by Gasteiger charge is 2.26. The van der Waals surface area contributed by atoms with Gasteiger partial charge in [0.15, 0.2) is 11.2 Å². The summed E-state index contributed by atoms with van der Waals surface area (Å²) in [7, 11) is -0.664. The summed E-state index contributed by atoms with van der Waals surface area (Å²) in [6.45, 7) is 1.97. The Balaban J connectivity index is 1.61. The number of nitrogens with one attached hydrogen (secondary N) is 1. The molecule has 10 nitrogen and oxygen atoms in total. The maximum atomic E-state index is 13.2. The number of carbonyl (C=O) groups excluding carboxylic acids is 1. The minimum atomic E-state index is -3.67. The number of amides is 1. The van der Waals surface area contributed by atoms with Crippen LogP contribution in [0.1, 0.15) is 15.9 Å². The molecule has 0 fully saturated rings. The number of hydrogen-bond donors (Lipinski definition) is 1. The lowest BCUT2D eigenvalue weighted by molar-refractivity contribution is 0.0964. The van der Waals surface area contributed by atoms with E-state index >= 15 is 0 Å². The molecule has 11 heteroatoms. The Kier molecular flexibility index (Phi) is 6.30. The van der Waals surface area contributed by atoms with Crippen LogP contribution in [0.3, 0.4) is 0 Å². The molecule has 0 radical (unpaired) electrons. The van der Waals surface area contributed by atoms with Gasteiger partial charge in [0.2, 0.25) is 15.9 Å². The number of carbonyl (C=O) groups is 1. The fourth-order valence-electron chi connectivity index (χ4n) is 4.64. The van der Waals surface area contributed by atoms with Crippen LogP contribution in [0.15, 0.2) is 81.9 Å². The number of aryl methyl sites for hydroxylation is 1. The van der Waals surface area contributed by atoms with Crippen molar-refractivity contribution in [3.05, 3.63) is 84.2 Å². The summed E-state index contributed by atoms with van der Waals surface area (Å²) >= 11 is 0. The van der Waals surface area contributed by atoms with Crippen molar-refractivity contribution in [2.75, 3.05) is 24.7 Å². The number of oxazole rings is 1. The lowest BCUT2D eigenvalue weighted by atomic mass is 10.00. The fourth-order valence-corrected chi connectivity index (χ4v) is 5.15. The number of rotatable bonds is 6. The molecule has 206 valence electrons. The minimum absolute atomic E-state index is 0.330. The van der Waals surface area contributed by atoms with E-state index in [2.05, 4.69) is 20.3 Å². The SMILES string of the molecule is CNC(=O)c1c(-c2ccc(C)cc2)oc2cc(N(C)S(C)(=O)=O)c(-c3cc(-c4nc5ncccc5o4)ccn3)cc12. The highest BCUT2D eigenvalue weighted by Crippen LogP contribution is 2.41. The van der Waals surface area contributed by atoms with Gasteiger partial charge < -0.3 is 14.2 Å². The summed E-state index contributed by atoms with van der Waals surface area (Å²) in [4.78, 5) is 26.4. The zero-order valence-corrected chi connectivity index (χ0v) is 23.5. The number of anilines is 1. The molecule has 0 bridgehead atoms. The second kappa shape index (κ2) is 9.86. The summed E-state index contributed by atoms with van der Waals surface area (Å²) < 4.78 is 38.7. The van der Waals surface area contributed by atoms with E-state index in [1.165, 1.54) is 7.05 Å². The Morgan fingerprint density at radius 2 is 1.71 bits per heavy atom. The van der Waals surface area contributed by atoms with E-state index in [9.17, 15) is 13.2 Å². The van der Waals surface area contributed by atoms with Gasteiger partial charge in [-0.25, -0.2) is 13.4 Å². The van der Waals surface area contributed by atoms with Crippen molar-refractivity contribution in [3.63, 3.8) is 0 Å². The quantitative estimate of drug-likeness (QED) is 0.282. The van der Waals surface area contributed by atoms with E-state index in [0.29, 0.717) is 61.9 Å². The van der Waals surface area contributed by atoms with E-state index in [-0.39, 0.29) is 5.91 Å². The number of sulfonamides is 1. The Morgan fingerprint density at radius 1 is 0.927 bits per heavy atom. The molecule has 1 N–H and O–H groups in total. The van der Waals surface area contributed by atoms with Crippen molar-refractivity contribution >= 4 is 43.8 Å². The van der Waals surface area contributed by atoms with Crippen molar-refractivity contribution < 1.29 is 22.0 Å². The lowest BCUT2D eigenvalue weighted by Gasteiger charge is -2.20. The molecule has 0 aliphatic heterocycles. The van der Waals surface area contributed by atoms with Gasteiger partial charge in [0.1, 0.15) is 11.3 Å². The third-order valence-electron chi connectivity index (χ3n) is 6.86. The molecule has 0 spiro atoms. The zero-order chi connectivity index (χ0) is 28.9. The molecule has 41 heavy (non-hydrogen) atoms. The first-order chi connectivity index (χ1) is 19.6. The number of fused-ring (bicyclic) bond motifs is 2. The van der Waals surface area contributed by atoms with Crippen LogP contribution in [0.5, 0.6) is 0 Å². The van der Waals surface area contributed by atoms with Crippen LogP contribution in [-0.4, -0.2) is 49.6 Å². The third-order valence-corrected chi connectivity index (χ3v) is 8.05. The number of nitrogens with zero attached hydrogens (tertiary/aromatic N) is 4. The summed E-state index contributed by atoms with van der Waals surface area (Å²) in [6, 6.07) is 18.0. The number of benzene rings is 2. The largest absolute Gasteiger partial charge is 0.455 e. The first-order valence-electron chi connectivity index (χ1n) is 12.7. The molecular weight excluding hydrogens is 542 g/mol. The number of aromatic nitrogens is 3. The average Bonchev–Trinajstić information content (AvgIpc) is 3.57. The molecule has 0 aliphatic rings. The van der Waals surface area contributed by atoms with Crippen molar-refractivity contribution in [1.29, 1.82) is 0 Å².